The molecule has 0 amide bonds. The van der Waals surface area contributed by atoms with Crippen LogP contribution >= 0.6 is 11.3 Å². The minimum atomic E-state index is 0.233. The Morgan fingerprint density at radius 3 is 2.57 bits per heavy atom. The highest BCUT2D eigenvalue weighted by Crippen LogP contribution is 2.20. The molecule has 1 rings (SSSR count). The lowest BCUT2D eigenvalue weighted by Gasteiger charge is -2.11. The fraction of sp³-hybridized carbons (Fsp3) is 0.545. The third-order valence-electron chi connectivity index (χ3n) is 2.29. The largest absolute Gasteiger partial charge is 0.299 e. The van der Waals surface area contributed by atoms with E-state index in [-0.39, 0.29) is 5.78 Å². The van der Waals surface area contributed by atoms with Crippen LogP contribution in [0.3, 0.4) is 0 Å². The number of Topliss-reactive ketones (excluding diaryl/α,β-unsaturated/α-hetero) is 1. The van der Waals surface area contributed by atoms with Crippen LogP contribution in [0.5, 0.6) is 0 Å². The number of likely N-dealkylation sites (N-methyl/N-ethyl adjacent to an activating group) is 1. The van der Waals surface area contributed by atoms with E-state index in [0.29, 0.717) is 6.54 Å². The lowest BCUT2D eigenvalue weighted by Crippen LogP contribution is -2.25. The Bertz CT molecular complexity index is 330. The summed E-state index contributed by atoms with van der Waals surface area (Å²) in [7, 11) is 1.96. The van der Waals surface area contributed by atoms with Crippen molar-refractivity contribution in [3.8, 4) is 0 Å². The van der Waals surface area contributed by atoms with E-state index >= 15 is 0 Å². The molecule has 0 spiro atoms. The summed E-state index contributed by atoms with van der Waals surface area (Å²) in [6.07, 6.45) is 0. The van der Waals surface area contributed by atoms with Crippen LogP contribution in [0.1, 0.15) is 27.0 Å². The first-order valence-corrected chi connectivity index (χ1v) is 5.65. The van der Waals surface area contributed by atoms with Gasteiger partial charge in [0, 0.05) is 15.3 Å². The van der Waals surface area contributed by atoms with Crippen molar-refractivity contribution < 1.29 is 4.79 Å². The molecule has 0 fully saturated rings. The smallest absolute Gasteiger partial charge is 0.177 e. The third-order valence-corrected chi connectivity index (χ3v) is 3.26. The van der Waals surface area contributed by atoms with E-state index in [1.165, 1.54) is 4.88 Å². The maximum Gasteiger partial charge on any atom is 0.177 e. The first kappa shape index (κ1) is 11.4. The first-order chi connectivity index (χ1) is 6.54. The van der Waals surface area contributed by atoms with Crippen molar-refractivity contribution in [1.82, 2.24) is 4.90 Å². The number of nitrogens with zero attached hydrogens (tertiary/aromatic N) is 1. The van der Waals surface area contributed by atoms with Crippen LogP contribution in [0, 0.1) is 13.8 Å². The number of rotatable bonds is 4. The van der Waals surface area contributed by atoms with Crippen LogP contribution in [0.4, 0.5) is 0 Å². The normalized spacial score (nSPS) is 10.9. The van der Waals surface area contributed by atoms with Crippen LogP contribution in [0.25, 0.3) is 0 Å². The quantitative estimate of drug-likeness (QED) is 0.713. The second-order valence-electron chi connectivity index (χ2n) is 3.58. The van der Waals surface area contributed by atoms with Gasteiger partial charge in [0.15, 0.2) is 5.78 Å². The van der Waals surface area contributed by atoms with E-state index in [1.807, 2.05) is 31.9 Å². The number of hydrogen-bond donors (Lipinski definition) is 0. The molecule has 1 aromatic heterocycles. The van der Waals surface area contributed by atoms with Crippen molar-refractivity contribution in [2.75, 3.05) is 20.1 Å². The second-order valence-corrected chi connectivity index (χ2v) is 5.04. The lowest BCUT2D eigenvalue weighted by atomic mass is 10.1. The highest BCUT2D eigenvalue weighted by molar-refractivity contribution is 7.12. The zero-order valence-corrected chi connectivity index (χ0v) is 10.1. The average Bonchev–Trinajstić information content (AvgIpc) is 2.45. The van der Waals surface area contributed by atoms with Crippen LogP contribution < -0.4 is 0 Å². The fourth-order valence-electron chi connectivity index (χ4n) is 1.35. The van der Waals surface area contributed by atoms with E-state index in [9.17, 15) is 4.79 Å². The van der Waals surface area contributed by atoms with Gasteiger partial charge in [0.2, 0.25) is 0 Å². The molecule has 2 nitrogen and oxygen atoms in total. The van der Waals surface area contributed by atoms with Crippen molar-refractivity contribution in [2.45, 2.75) is 20.8 Å². The molecule has 0 unspecified atom stereocenters. The van der Waals surface area contributed by atoms with Gasteiger partial charge in [0.1, 0.15) is 0 Å². The minimum Gasteiger partial charge on any atom is -0.299 e. The zero-order valence-electron chi connectivity index (χ0n) is 9.26. The van der Waals surface area contributed by atoms with E-state index in [4.69, 9.17) is 0 Å². The van der Waals surface area contributed by atoms with Crippen molar-refractivity contribution in [2.24, 2.45) is 0 Å². The second kappa shape index (κ2) is 4.71. The molecular formula is C11H17NOS. The van der Waals surface area contributed by atoms with E-state index in [1.54, 1.807) is 11.3 Å². The summed E-state index contributed by atoms with van der Waals surface area (Å²) >= 11 is 1.69. The molecule has 0 radical (unpaired) electrons. The monoisotopic (exact) mass is 211 g/mol. The molecule has 0 N–H and O–H groups in total. The minimum absolute atomic E-state index is 0.233. The van der Waals surface area contributed by atoms with Gasteiger partial charge in [-0.1, -0.05) is 6.92 Å². The maximum atomic E-state index is 11.8. The highest BCUT2D eigenvalue weighted by atomic mass is 32.1. The Morgan fingerprint density at radius 2 is 2.14 bits per heavy atom. The summed E-state index contributed by atoms with van der Waals surface area (Å²) in [5.41, 5.74) is 0.896. The molecule has 0 aliphatic rings. The molecule has 14 heavy (non-hydrogen) atoms. The third kappa shape index (κ3) is 2.66. The van der Waals surface area contributed by atoms with Gasteiger partial charge < -0.3 is 0 Å². The summed E-state index contributed by atoms with van der Waals surface area (Å²) in [5.74, 6) is 0.233. The summed E-state index contributed by atoms with van der Waals surface area (Å²) in [6, 6.07) is 1.99. The predicted molar refractivity (Wildman–Crippen MR) is 61.3 cm³/mol. The van der Waals surface area contributed by atoms with Crippen molar-refractivity contribution in [3.05, 3.63) is 21.4 Å². The molecule has 1 aromatic rings. The number of thiophene rings is 1. The molecular weight excluding hydrogens is 194 g/mol. The van der Waals surface area contributed by atoms with Crippen LogP contribution in [-0.2, 0) is 0 Å². The van der Waals surface area contributed by atoms with E-state index in [2.05, 4.69) is 6.92 Å². The number of ketones is 1. The number of hydrogen-bond acceptors (Lipinski definition) is 3. The van der Waals surface area contributed by atoms with E-state index < -0.39 is 0 Å². The van der Waals surface area contributed by atoms with Crippen molar-refractivity contribution in [1.29, 1.82) is 0 Å². The van der Waals surface area contributed by atoms with Crippen molar-refractivity contribution in [3.63, 3.8) is 0 Å². The van der Waals surface area contributed by atoms with Crippen LogP contribution in [0.2, 0.25) is 0 Å². The van der Waals surface area contributed by atoms with Gasteiger partial charge in [-0.25, -0.2) is 0 Å². The Hall–Kier alpha value is -0.670. The Morgan fingerprint density at radius 1 is 1.50 bits per heavy atom. The summed E-state index contributed by atoms with van der Waals surface area (Å²) in [4.78, 5) is 16.2. The zero-order chi connectivity index (χ0) is 10.7. The topological polar surface area (TPSA) is 20.3 Å². The summed E-state index contributed by atoms with van der Waals surface area (Å²) in [5, 5.41) is 0. The molecule has 0 saturated carbocycles. The Balaban J connectivity index is 2.74. The maximum absolute atomic E-state index is 11.8. The molecule has 0 aromatic carbocycles. The van der Waals surface area contributed by atoms with E-state index in [0.717, 1.165) is 17.0 Å². The molecule has 3 heteroatoms. The molecule has 1 heterocycles. The lowest BCUT2D eigenvalue weighted by molar-refractivity contribution is 0.0949. The van der Waals surface area contributed by atoms with Crippen LogP contribution in [0.15, 0.2) is 6.07 Å². The number of carbonyl (C=O) groups is 1. The van der Waals surface area contributed by atoms with Gasteiger partial charge in [-0.15, -0.1) is 11.3 Å². The Labute approximate surface area is 89.5 Å². The molecule has 0 aliphatic heterocycles. The first-order valence-electron chi connectivity index (χ1n) is 4.83. The summed E-state index contributed by atoms with van der Waals surface area (Å²) in [6.45, 7) is 7.54. The molecule has 0 bridgehead atoms. The summed E-state index contributed by atoms with van der Waals surface area (Å²) < 4.78 is 0. The number of aryl methyl sites for hydroxylation is 2. The SMILES string of the molecule is CCN(C)CC(=O)c1cc(C)sc1C. The van der Waals surface area contributed by atoms with Gasteiger partial charge in [-0.2, -0.15) is 0 Å². The van der Waals surface area contributed by atoms with Crippen molar-refractivity contribution >= 4 is 17.1 Å². The molecule has 0 atom stereocenters. The van der Waals surface area contributed by atoms with Gasteiger partial charge in [0.05, 0.1) is 6.54 Å². The van der Waals surface area contributed by atoms with Gasteiger partial charge in [0.25, 0.3) is 0 Å². The predicted octanol–water partition coefficient (Wildman–Crippen LogP) is 2.50. The number of carbonyl (C=O) groups excluding carboxylic acids is 1. The average molecular weight is 211 g/mol. The molecule has 0 saturated heterocycles. The molecule has 0 aliphatic carbocycles. The van der Waals surface area contributed by atoms with Gasteiger partial charge in [-0.05, 0) is 33.5 Å². The van der Waals surface area contributed by atoms with Crippen LogP contribution in [-0.4, -0.2) is 30.8 Å². The Kier molecular flexibility index (Phi) is 3.84. The van der Waals surface area contributed by atoms with Gasteiger partial charge in [-0.3, -0.25) is 9.69 Å². The standard InChI is InChI=1S/C11H17NOS/c1-5-12(4)7-11(13)10-6-8(2)14-9(10)3/h6H,5,7H2,1-4H3. The fourth-order valence-corrected chi connectivity index (χ4v) is 2.29. The van der Waals surface area contributed by atoms with Gasteiger partial charge >= 0.3 is 0 Å². The molecule has 78 valence electrons. The highest BCUT2D eigenvalue weighted by Gasteiger charge is 2.12.